The zero-order valence-corrected chi connectivity index (χ0v) is 11.4. The van der Waals surface area contributed by atoms with Gasteiger partial charge in [0.15, 0.2) is 9.84 Å². The van der Waals surface area contributed by atoms with E-state index in [-0.39, 0.29) is 17.1 Å². The van der Waals surface area contributed by atoms with Crippen molar-refractivity contribution in [1.82, 2.24) is 4.90 Å². The number of benzene rings is 1. The van der Waals surface area contributed by atoms with Gasteiger partial charge in [0.25, 0.3) is 0 Å². The zero-order valence-electron chi connectivity index (χ0n) is 10.6. The van der Waals surface area contributed by atoms with Crippen molar-refractivity contribution in [2.75, 3.05) is 24.6 Å². The van der Waals surface area contributed by atoms with Crippen molar-refractivity contribution in [3.8, 4) is 0 Å². The summed E-state index contributed by atoms with van der Waals surface area (Å²) in [5, 5.41) is 9.12. The lowest BCUT2D eigenvalue weighted by Gasteiger charge is -2.20. The molecule has 19 heavy (non-hydrogen) atoms. The van der Waals surface area contributed by atoms with Crippen molar-refractivity contribution in [3.05, 3.63) is 35.4 Å². The number of aromatic carboxylic acids is 1. The van der Waals surface area contributed by atoms with Crippen LogP contribution < -0.4 is 0 Å². The van der Waals surface area contributed by atoms with E-state index in [4.69, 9.17) is 5.11 Å². The monoisotopic (exact) mass is 283 g/mol. The third kappa shape index (κ3) is 3.78. The minimum absolute atomic E-state index is 0.155. The summed E-state index contributed by atoms with van der Waals surface area (Å²) in [5.74, 6) is -0.565. The maximum absolute atomic E-state index is 11.5. The molecule has 0 aromatic heterocycles. The molecule has 1 aromatic rings. The van der Waals surface area contributed by atoms with Crippen LogP contribution in [0.2, 0.25) is 0 Å². The van der Waals surface area contributed by atoms with Crippen molar-refractivity contribution < 1.29 is 18.3 Å². The van der Waals surface area contributed by atoms with E-state index in [1.54, 1.807) is 24.3 Å². The quantitative estimate of drug-likeness (QED) is 0.896. The van der Waals surface area contributed by atoms with Gasteiger partial charge in [0.1, 0.15) is 0 Å². The van der Waals surface area contributed by atoms with E-state index >= 15 is 0 Å². The van der Waals surface area contributed by atoms with Crippen molar-refractivity contribution in [2.45, 2.75) is 13.0 Å². The molecule has 1 heterocycles. The SMILES string of the molecule is O=C(O)c1ccccc1CN1CCCS(=O)(=O)CC1. The number of nitrogens with zero attached hydrogens (tertiary/aromatic N) is 1. The maximum atomic E-state index is 11.5. The van der Waals surface area contributed by atoms with Gasteiger partial charge in [0.05, 0.1) is 17.1 Å². The highest BCUT2D eigenvalue weighted by Crippen LogP contribution is 2.14. The van der Waals surface area contributed by atoms with Gasteiger partial charge in [-0.05, 0) is 24.6 Å². The maximum Gasteiger partial charge on any atom is 0.336 e. The number of hydrogen-bond acceptors (Lipinski definition) is 4. The summed E-state index contributed by atoms with van der Waals surface area (Å²) in [6.07, 6.45) is 0.609. The Kier molecular flexibility index (Phi) is 4.21. The van der Waals surface area contributed by atoms with E-state index in [9.17, 15) is 13.2 Å². The number of carboxylic acids is 1. The second kappa shape index (κ2) is 5.71. The predicted octanol–water partition coefficient (Wildman–Crippen LogP) is 1.01. The van der Waals surface area contributed by atoms with Gasteiger partial charge in [-0.2, -0.15) is 0 Å². The molecule has 1 saturated heterocycles. The van der Waals surface area contributed by atoms with Gasteiger partial charge >= 0.3 is 5.97 Å². The summed E-state index contributed by atoms with van der Waals surface area (Å²) in [6, 6.07) is 6.85. The minimum Gasteiger partial charge on any atom is -0.478 e. The van der Waals surface area contributed by atoms with Crippen LogP contribution in [0.15, 0.2) is 24.3 Å². The van der Waals surface area contributed by atoms with Gasteiger partial charge in [0.2, 0.25) is 0 Å². The van der Waals surface area contributed by atoms with Gasteiger partial charge in [0, 0.05) is 13.1 Å². The molecule has 1 fully saturated rings. The Morgan fingerprint density at radius 3 is 2.68 bits per heavy atom. The standard InChI is InChI=1S/C13H17NO4S/c15-13(16)12-5-2-1-4-11(12)10-14-6-3-8-19(17,18)9-7-14/h1-2,4-5H,3,6-10H2,(H,15,16). The molecule has 0 radical (unpaired) electrons. The van der Waals surface area contributed by atoms with E-state index in [1.165, 1.54) is 0 Å². The molecule has 1 aliphatic rings. The lowest BCUT2D eigenvalue weighted by molar-refractivity contribution is 0.0694. The Hall–Kier alpha value is -1.40. The van der Waals surface area contributed by atoms with Gasteiger partial charge in [-0.15, -0.1) is 0 Å². The fraction of sp³-hybridized carbons (Fsp3) is 0.462. The number of carboxylic acid groups (broad SMARTS) is 1. The van der Waals surface area contributed by atoms with E-state index in [0.29, 0.717) is 26.1 Å². The third-order valence-electron chi connectivity index (χ3n) is 3.29. The van der Waals surface area contributed by atoms with Crippen LogP contribution in [0, 0.1) is 0 Å². The lowest BCUT2D eigenvalue weighted by atomic mass is 10.1. The molecule has 0 amide bonds. The summed E-state index contributed by atoms with van der Waals surface area (Å²) in [7, 11) is -2.93. The van der Waals surface area contributed by atoms with Crippen LogP contribution in [0.3, 0.4) is 0 Å². The fourth-order valence-corrected chi connectivity index (χ4v) is 3.57. The first-order valence-electron chi connectivity index (χ1n) is 6.22. The first kappa shape index (κ1) is 14.0. The molecule has 0 aliphatic carbocycles. The zero-order chi connectivity index (χ0) is 13.9. The average molecular weight is 283 g/mol. The van der Waals surface area contributed by atoms with Crippen LogP contribution in [-0.4, -0.2) is 49.0 Å². The van der Waals surface area contributed by atoms with Crippen LogP contribution in [0.1, 0.15) is 22.3 Å². The minimum atomic E-state index is -2.93. The Bertz CT molecular complexity index is 568. The van der Waals surface area contributed by atoms with Crippen LogP contribution in [0.25, 0.3) is 0 Å². The first-order valence-corrected chi connectivity index (χ1v) is 8.04. The molecule has 5 nitrogen and oxygen atoms in total. The van der Waals surface area contributed by atoms with E-state index in [2.05, 4.69) is 0 Å². The van der Waals surface area contributed by atoms with E-state index in [1.807, 2.05) is 4.90 Å². The highest BCUT2D eigenvalue weighted by Gasteiger charge is 2.20. The molecule has 0 atom stereocenters. The Morgan fingerprint density at radius 1 is 1.21 bits per heavy atom. The molecule has 0 spiro atoms. The molecular weight excluding hydrogens is 266 g/mol. The highest BCUT2D eigenvalue weighted by molar-refractivity contribution is 7.91. The van der Waals surface area contributed by atoms with Crippen molar-refractivity contribution in [2.24, 2.45) is 0 Å². The van der Waals surface area contributed by atoms with Crippen molar-refractivity contribution in [1.29, 1.82) is 0 Å². The summed E-state index contributed by atoms with van der Waals surface area (Å²) in [6.45, 7) is 1.64. The van der Waals surface area contributed by atoms with E-state index in [0.717, 1.165) is 5.56 Å². The molecule has 1 N–H and O–H groups in total. The Labute approximate surface area is 112 Å². The largest absolute Gasteiger partial charge is 0.478 e. The van der Waals surface area contributed by atoms with Crippen LogP contribution in [0.5, 0.6) is 0 Å². The van der Waals surface area contributed by atoms with Crippen molar-refractivity contribution in [3.63, 3.8) is 0 Å². The average Bonchev–Trinajstić information content (AvgIpc) is 2.51. The number of sulfone groups is 1. The molecule has 2 rings (SSSR count). The number of rotatable bonds is 3. The summed E-state index contributed by atoms with van der Waals surface area (Å²) >= 11 is 0. The second-order valence-corrected chi connectivity index (χ2v) is 7.05. The molecule has 6 heteroatoms. The normalized spacial score (nSPS) is 19.8. The molecule has 104 valence electrons. The lowest BCUT2D eigenvalue weighted by Crippen LogP contribution is -2.27. The summed E-state index contributed by atoms with van der Waals surface area (Å²) < 4.78 is 23.0. The molecule has 1 aromatic carbocycles. The highest BCUT2D eigenvalue weighted by atomic mass is 32.2. The molecule has 1 aliphatic heterocycles. The fourth-order valence-electron chi connectivity index (χ4n) is 2.26. The third-order valence-corrected chi connectivity index (χ3v) is 5.01. The molecule has 0 bridgehead atoms. The molecule has 0 saturated carbocycles. The predicted molar refractivity (Wildman–Crippen MR) is 71.9 cm³/mol. The molecular formula is C13H17NO4S. The van der Waals surface area contributed by atoms with Crippen LogP contribution in [-0.2, 0) is 16.4 Å². The van der Waals surface area contributed by atoms with Crippen LogP contribution in [0.4, 0.5) is 0 Å². The Balaban J connectivity index is 2.11. The summed E-state index contributed by atoms with van der Waals surface area (Å²) in [4.78, 5) is 13.1. The van der Waals surface area contributed by atoms with Gasteiger partial charge in [-0.3, -0.25) is 4.90 Å². The number of hydrogen-bond donors (Lipinski definition) is 1. The van der Waals surface area contributed by atoms with E-state index < -0.39 is 15.8 Å². The molecule has 0 unspecified atom stereocenters. The number of carbonyl (C=O) groups is 1. The van der Waals surface area contributed by atoms with Crippen molar-refractivity contribution >= 4 is 15.8 Å². The first-order chi connectivity index (χ1) is 8.98. The topological polar surface area (TPSA) is 74.7 Å². The Morgan fingerprint density at radius 2 is 1.95 bits per heavy atom. The van der Waals surface area contributed by atoms with Gasteiger partial charge in [-0.25, -0.2) is 13.2 Å². The van der Waals surface area contributed by atoms with Gasteiger partial charge in [-0.1, -0.05) is 18.2 Å². The second-order valence-electron chi connectivity index (χ2n) is 4.74. The smallest absolute Gasteiger partial charge is 0.336 e. The van der Waals surface area contributed by atoms with Gasteiger partial charge < -0.3 is 5.11 Å². The van der Waals surface area contributed by atoms with Crippen LogP contribution >= 0.6 is 0 Å². The summed E-state index contributed by atoms with van der Waals surface area (Å²) in [5.41, 5.74) is 1.02.